The number of halogens is 12. The maximum Gasteiger partial charge on any atom is 0.417 e. The van der Waals surface area contributed by atoms with Crippen molar-refractivity contribution < 1.29 is 52.7 Å². The maximum absolute atomic E-state index is 14.5. The minimum Gasteiger partial charge on any atom is -0.309 e. The highest BCUT2D eigenvalue weighted by Crippen LogP contribution is 2.47. The Morgan fingerprint density at radius 1 is 0.368 bits per heavy atom. The van der Waals surface area contributed by atoms with Crippen LogP contribution in [0.15, 0.2) is 176 Å². The molecule has 0 unspecified atom stereocenters. The van der Waals surface area contributed by atoms with Gasteiger partial charge in [0.2, 0.25) is 0 Å². The molecular weight excluding hydrogens is 1000 g/mol. The predicted octanol–water partition coefficient (Wildman–Crippen LogP) is 19.8. The van der Waals surface area contributed by atoms with Crippen molar-refractivity contribution in [2.24, 2.45) is 0 Å². The van der Waals surface area contributed by atoms with E-state index in [4.69, 9.17) is 6.57 Å². The minimum absolute atomic E-state index is 0.0125. The van der Waals surface area contributed by atoms with Gasteiger partial charge in [-0.3, -0.25) is 0 Å². The van der Waals surface area contributed by atoms with Crippen molar-refractivity contribution in [3.8, 4) is 55.9 Å². The monoisotopic (exact) mass is 1040 g/mol. The largest absolute Gasteiger partial charge is 0.417 e. The molecule has 11 aromatic rings. The zero-order valence-electron chi connectivity index (χ0n) is 39.6. The van der Waals surface area contributed by atoms with Crippen molar-refractivity contribution >= 4 is 49.3 Å². The summed E-state index contributed by atoms with van der Waals surface area (Å²) in [7, 11) is 0. The summed E-state index contributed by atoms with van der Waals surface area (Å²) in [6.07, 6.45) is -19.4. The minimum atomic E-state index is -5.13. The second-order valence-electron chi connectivity index (χ2n) is 18.5. The van der Waals surface area contributed by atoms with Gasteiger partial charge in [-0.15, -0.1) is 0 Å². The molecule has 0 N–H and O–H groups in total. The van der Waals surface area contributed by atoms with Crippen LogP contribution >= 0.6 is 0 Å². The van der Waals surface area contributed by atoms with Crippen LogP contribution in [-0.4, -0.2) is 9.13 Å². The Hall–Kier alpha value is -8.77. The van der Waals surface area contributed by atoms with E-state index in [9.17, 15) is 52.7 Å². The first-order valence-electron chi connectivity index (χ1n) is 23.4. The van der Waals surface area contributed by atoms with Gasteiger partial charge >= 0.3 is 24.7 Å². The number of nitrogens with zero attached hydrogens (tertiary/aromatic N) is 3. The van der Waals surface area contributed by atoms with Crippen molar-refractivity contribution in [2.45, 2.75) is 38.6 Å². The highest BCUT2D eigenvalue weighted by molar-refractivity contribution is 6.12. The van der Waals surface area contributed by atoms with E-state index >= 15 is 0 Å². The van der Waals surface area contributed by atoms with Crippen molar-refractivity contribution in [3.63, 3.8) is 0 Å². The van der Waals surface area contributed by atoms with E-state index in [-0.39, 0.29) is 22.9 Å². The van der Waals surface area contributed by atoms with Gasteiger partial charge in [-0.2, -0.15) is 52.7 Å². The quantitative estimate of drug-likeness (QED) is 0.116. The van der Waals surface area contributed by atoms with Gasteiger partial charge in [-0.05, 0) is 155 Å². The molecule has 76 heavy (non-hydrogen) atoms. The molecule has 0 radical (unpaired) electrons. The lowest BCUT2D eigenvalue weighted by Crippen LogP contribution is -2.12. The SMILES string of the molecule is [C-]#[N+]c1ccc(-n2c3ccccc3c3cc(-c4ccc(C(F)(F)F)cc4C(F)(F)F)ccc32)cc1-c1cc(-c2ccc(C(F)(F)F)cc2C)ccc1-n1c2ccccc2c2cc(-c3ccc(C)cc3C(F)(F)F)ccc21. The fraction of sp³-hybridized carbons (Fsp3) is 0.0984. The number of hydrogen-bond acceptors (Lipinski definition) is 0. The Kier molecular flexibility index (Phi) is 11.5. The van der Waals surface area contributed by atoms with E-state index in [2.05, 4.69) is 4.85 Å². The van der Waals surface area contributed by atoms with E-state index in [1.807, 2.05) is 21.3 Å². The van der Waals surface area contributed by atoms with Crippen LogP contribution in [0.1, 0.15) is 33.4 Å². The average Bonchev–Trinajstić information content (AvgIpc) is 3.92. The zero-order valence-corrected chi connectivity index (χ0v) is 39.6. The Labute approximate surface area is 424 Å². The van der Waals surface area contributed by atoms with Crippen LogP contribution in [0.25, 0.3) is 104 Å². The third kappa shape index (κ3) is 8.47. The van der Waals surface area contributed by atoms with Crippen molar-refractivity contribution in [1.29, 1.82) is 0 Å². The van der Waals surface area contributed by atoms with E-state index in [1.165, 1.54) is 24.3 Å². The summed E-state index contributed by atoms with van der Waals surface area (Å²) in [6, 6.07) is 43.3. The molecule has 0 fully saturated rings. The van der Waals surface area contributed by atoms with Crippen LogP contribution in [0.5, 0.6) is 0 Å². The van der Waals surface area contributed by atoms with Crippen molar-refractivity contribution in [2.75, 3.05) is 0 Å². The summed E-state index contributed by atoms with van der Waals surface area (Å²) in [4.78, 5) is 3.93. The molecule has 0 amide bonds. The normalized spacial score (nSPS) is 12.6. The van der Waals surface area contributed by atoms with Crippen LogP contribution in [0.2, 0.25) is 0 Å². The first-order chi connectivity index (χ1) is 36.0. The molecule has 3 nitrogen and oxygen atoms in total. The summed E-state index contributed by atoms with van der Waals surface area (Å²) in [5.74, 6) is 0. The number of para-hydroxylation sites is 2. The van der Waals surface area contributed by atoms with Crippen molar-refractivity contribution in [3.05, 3.63) is 221 Å². The summed E-state index contributed by atoms with van der Waals surface area (Å²) in [5.41, 5.74) is 1.33. The maximum atomic E-state index is 14.5. The van der Waals surface area contributed by atoms with Crippen LogP contribution < -0.4 is 0 Å². The zero-order chi connectivity index (χ0) is 53.8. The molecule has 15 heteroatoms. The molecule has 0 bridgehead atoms. The van der Waals surface area contributed by atoms with Crippen LogP contribution in [0.3, 0.4) is 0 Å². The number of alkyl halides is 12. The standard InChI is InChI=1S/C61H35F12N3/c1-33-12-19-42(50(26-33)60(68,69)70)36-15-25-56-48(30-36)45-9-5-7-11-54(45)76(56)57-24-13-35(41-20-16-38(27-34(41)2)58(62,63)64)28-49(57)46-32-40(18-22-52(46)74-3)75-53-10-6-4-8-44(53)47-29-37(14-23-55(47)75)43-21-17-39(59(65,66)67)31-51(43)61(71,72)73/h4-32H,1-2H3. The Bertz CT molecular complexity index is 4220. The molecule has 0 atom stereocenters. The van der Waals surface area contributed by atoms with E-state index in [1.54, 1.807) is 117 Å². The van der Waals surface area contributed by atoms with Crippen molar-refractivity contribution in [1.82, 2.24) is 9.13 Å². The molecule has 378 valence electrons. The molecule has 2 aromatic heterocycles. The number of hydrogen-bond donors (Lipinski definition) is 0. The lowest BCUT2D eigenvalue weighted by molar-refractivity contribution is -0.143. The summed E-state index contributed by atoms with van der Waals surface area (Å²) in [6.45, 7) is 11.6. The molecule has 11 rings (SSSR count). The van der Waals surface area contributed by atoms with E-state index < -0.39 is 52.5 Å². The Morgan fingerprint density at radius 2 is 0.855 bits per heavy atom. The van der Waals surface area contributed by atoms with Crippen LogP contribution in [0, 0.1) is 20.4 Å². The van der Waals surface area contributed by atoms with E-state index in [0.717, 1.165) is 24.3 Å². The fourth-order valence-corrected chi connectivity index (χ4v) is 10.4. The van der Waals surface area contributed by atoms with Gasteiger partial charge in [0.15, 0.2) is 5.69 Å². The molecule has 0 spiro atoms. The molecule has 0 saturated heterocycles. The first kappa shape index (κ1) is 49.4. The second kappa shape index (κ2) is 17.7. The molecule has 0 aliphatic heterocycles. The predicted molar refractivity (Wildman–Crippen MR) is 273 cm³/mol. The Morgan fingerprint density at radius 3 is 1.42 bits per heavy atom. The smallest absolute Gasteiger partial charge is 0.309 e. The van der Waals surface area contributed by atoms with Gasteiger partial charge in [-0.25, -0.2) is 4.85 Å². The fourth-order valence-electron chi connectivity index (χ4n) is 10.4. The Balaban J connectivity index is 1.15. The van der Waals surface area contributed by atoms with Crippen LogP contribution in [-0.2, 0) is 24.7 Å². The summed E-state index contributed by atoms with van der Waals surface area (Å²) >= 11 is 0. The number of fused-ring (bicyclic) bond motifs is 6. The average molecular weight is 1040 g/mol. The molecule has 9 aromatic carbocycles. The van der Waals surface area contributed by atoms with Gasteiger partial charge in [0.1, 0.15) is 0 Å². The molecule has 0 aliphatic carbocycles. The van der Waals surface area contributed by atoms with Gasteiger partial charge < -0.3 is 9.13 Å². The lowest BCUT2D eigenvalue weighted by Gasteiger charge is -2.19. The number of aromatic nitrogens is 2. The summed E-state index contributed by atoms with van der Waals surface area (Å²) < 4.78 is 174. The van der Waals surface area contributed by atoms with Crippen LogP contribution in [0.4, 0.5) is 58.4 Å². The van der Waals surface area contributed by atoms with Gasteiger partial charge in [0.05, 0.1) is 56.6 Å². The summed E-state index contributed by atoms with van der Waals surface area (Å²) in [5, 5.41) is 2.36. The third-order valence-corrected chi connectivity index (χ3v) is 13.9. The number of rotatable bonds is 6. The lowest BCUT2D eigenvalue weighted by atomic mass is 9.93. The highest BCUT2D eigenvalue weighted by atomic mass is 19.4. The number of benzene rings is 9. The van der Waals surface area contributed by atoms with Gasteiger partial charge in [0.25, 0.3) is 0 Å². The van der Waals surface area contributed by atoms with Gasteiger partial charge in [0, 0.05) is 27.2 Å². The first-order valence-corrected chi connectivity index (χ1v) is 23.4. The highest BCUT2D eigenvalue weighted by Gasteiger charge is 2.39. The number of aryl methyl sites for hydroxylation is 2. The third-order valence-electron chi connectivity index (χ3n) is 13.9. The van der Waals surface area contributed by atoms with Gasteiger partial charge in [-0.1, -0.05) is 90.5 Å². The second-order valence-corrected chi connectivity index (χ2v) is 18.5. The molecule has 0 aliphatic rings. The molecule has 2 heterocycles. The topological polar surface area (TPSA) is 14.2 Å². The molecule has 0 saturated carbocycles. The van der Waals surface area contributed by atoms with E-state index in [0.29, 0.717) is 100.0 Å². The molecular formula is C61H35F12N3.